The van der Waals surface area contributed by atoms with Crippen molar-refractivity contribution in [1.82, 2.24) is 15.6 Å². The van der Waals surface area contributed by atoms with Gasteiger partial charge in [-0.05, 0) is 11.6 Å². The minimum atomic E-state index is -3.11. The van der Waals surface area contributed by atoms with Crippen molar-refractivity contribution in [3.05, 3.63) is 29.6 Å². The molecule has 0 unspecified atom stereocenters. The maximum Gasteiger partial charge on any atom is 0.354 e. The zero-order valence-electron chi connectivity index (χ0n) is 10.8. The summed E-state index contributed by atoms with van der Waals surface area (Å²) in [7, 11) is -3.11. The van der Waals surface area contributed by atoms with Crippen LogP contribution in [0.15, 0.2) is 18.3 Å². The number of carboxylic acids is 1. The van der Waals surface area contributed by atoms with Crippen molar-refractivity contribution >= 4 is 21.8 Å². The lowest BCUT2D eigenvalue weighted by Crippen LogP contribution is -2.37. The Labute approximate surface area is 116 Å². The third-order valence-corrected chi connectivity index (χ3v) is 3.20. The molecule has 8 nitrogen and oxygen atoms in total. The monoisotopic (exact) mass is 301 g/mol. The van der Waals surface area contributed by atoms with E-state index in [0.717, 1.165) is 6.26 Å². The van der Waals surface area contributed by atoms with Gasteiger partial charge in [0.2, 0.25) is 0 Å². The quantitative estimate of drug-likeness (QED) is 0.658. The summed E-state index contributed by atoms with van der Waals surface area (Å²) < 4.78 is 21.7. The summed E-state index contributed by atoms with van der Waals surface area (Å²) in [6.07, 6.45) is 2.43. The molecule has 1 rings (SSSR count). The average Bonchev–Trinajstić information content (AvgIpc) is 2.35. The number of hydrogen-bond acceptors (Lipinski definition) is 5. The second kappa shape index (κ2) is 6.85. The third kappa shape index (κ3) is 6.14. The lowest BCUT2D eigenvalue weighted by atomic mass is 10.2. The molecule has 9 heteroatoms. The molecule has 0 saturated carbocycles. The highest BCUT2D eigenvalue weighted by molar-refractivity contribution is 7.90. The highest BCUT2D eigenvalue weighted by atomic mass is 32.2. The fourth-order valence-corrected chi connectivity index (χ4v) is 1.72. The summed E-state index contributed by atoms with van der Waals surface area (Å²) in [6.45, 7) is 0.193. The summed E-state index contributed by atoms with van der Waals surface area (Å²) in [5.41, 5.74) is 0.555. The van der Waals surface area contributed by atoms with Gasteiger partial charge in [0, 0.05) is 25.5 Å². The van der Waals surface area contributed by atoms with Crippen LogP contribution in [0.3, 0.4) is 0 Å². The van der Waals surface area contributed by atoms with Gasteiger partial charge in [-0.2, -0.15) is 0 Å². The molecule has 3 N–H and O–H groups in total. The van der Waals surface area contributed by atoms with E-state index in [1.165, 1.54) is 18.3 Å². The highest BCUT2D eigenvalue weighted by Gasteiger charge is 2.06. The van der Waals surface area contributed by atoms with Crippen molar-refractivity contribution in [2.24, 2.45) is 0 Å². The van der Waals surface area contributed by atoms with E-state index in [0.29, 0.717) is 5.56 Å². The molecule has 0 aliphatic rings. The number of urea groups is 1. The molecule has 1 heterocycles. The number of amides is 2. The van der Waals surface area contributed by atoms with Gasteiger partial charge in [-0.1, -0.05) is 6.07 Å². The molecule has 1 aromatic rings. The molecule has 0 fully saturated rings. The van der Waals surface area contributed by atoms with Crippen LogP contribution in [-0.2, 0) is 16.4 Å². The highest BCUT2D eigenvalue weighted by Crippen LogP contribution is 1.99. The van der Waals surface area contributed by atoms with Gasteiger partial charge in [0.05, 0.1) is 5.75 Å². The number of pyridine rings is 1. The smallest absolute Gasteiger partial charge is 0.354 e. The van der Waals surface area contributed by atoms with Crippen molar-refractivity contribution in [3.63, 3.8) is 0 Å². The molecule has 0 radical (unpaired) electrons. The molecule has 0 saturated heterocycles. The number of rotatable bonds is 6. The third-order valence-electron chi connectivity index (χ3n) is 2.26. The first-order valence-corrected chi connectivity index (χ1v) is 7.71. The molecule has 0 aromatic carbocycles. The van der Waals surface area contributed by atoms with Crippen LogP contribution in [0.4, 0.5) is 4.79 Å². The van der Waals surface area contributed by atoms with Gasteiger partial charge in [-0.3, -0.25) is 0 Å². The summed E-state index contributed by atoms with van der Waals surface area (Å²) in [6, 6.07) is 2.37. The number of nitrogens with one attached hydrogen (secondary N) is 2. The Hall–Kier alpha value is -2.16. The van der Waals surface area contributed by atoms with E-state index >= 15 is 0 Å². The van der Waals surface area contributed by atoms with Crippen LogP contribution >= 0.6 is 0 Å². The van der Waals surface area contributed by atoms with Gasteiger partial charge in [0.15, 0.2) is 0 Å². The van der Waals surface area contributed by atoms with Gasteiger partial charge in [0.25, 0.3) is 0 Å². The topological polar surface area (TPSA) is 125 Å². The number of aromatic nitrogens is 1. The van der Waals surface area contributed by atoms with Crippen LogP contribution in [0.2, 0.25) is 0 Å². The molecule has 1 aromatic heterocycles. The van der Waals surface area contributed by atoms with Gasteiger partial charge in [-0.15, -0.1) is 0 Å². The fourth-order valence-electron chi connectivity index (χ4n) is 1.25. The molecule has 20 heavy (non-hydrogen) atoms. The molecular formula is C11H15N3O5S. The molecule has 0 aliphatic heterocycles. The molecule has 0 aliphatic carbocycles. The number of hydrogen-bond donors (Lipinski definition) is 3. The summed E-state index contributed by atoms with van der Waals surface area (Å²) in [4.78, 5) is 25.6. The largest absolute Gasteiger partial charge is 0.477 e. The van der Waals surface area contributed by atoms with Crippen LogP contribution < -0.4 is 10.6 Å². The van der Waals surface area contributed by atoms with E-state index in [-0.39, 0.29) is 24.5 Å². The van der Waals surface area contributed by atoms with Crippen LogP contribution in [0.5, 0.6) is 0 Å². The Bertz CT molecular complexity index is 583. The van der Waals surface area contributed by atoms with Gasteiger partial charge in [0.1, 0.15) is 15.5 Å². The van der Waals surface area contributed by atoms with Gasteiger partial charge >= 0.3 is 12.0 Å². The second-order valence-electron chi connectivity index (χ2n) is 4.10. The van der Waals surface area contributed by atoms with Crippen molar-refractivity contribution in [1.29, 1.82) is 0 Å². The summed E-state index contributed by atoms with van der Waals surface area (Å²) in [5.74, 6) is -1.25. The number of carboxylic acid groups (broad SMARTS) is 1. The fraction of sp³-hybridized carbons (Fsp3) is 0.364. The molecular weight excluding hydrogens is 286 g/mol. The Kier molecular flexibility index (Phi) is 5.44. The molecule has 2 amide bonds. The Morgan fingerprint density at radius 2 is 2.00 bits per heavy atom. The maximum atomic E-state index is 11.3. The van der Waals surface area contributed by atoms with Crippen molar-refractivity contribution in [2.75, 3.05) is 18.6 Å². The SMILES string of the molecule is CS(=O)(=O)CCNC(=O)NCc1ccc(C(=O)O)nc1. The Morgan fingerprint density at radius 1 is 1.30 bits per heavy atom. The first-order valence-electron chi connectivity index (χ1n) is 5.65. The number of aromatic carboxylic acids is 1. The normalized spacial score (nSPS) is 10.8. The zero-order valence-corrected chi connectivity index (χ0v) is 11.6. The standard InChI is InChI=1S/C11H15N3O5S/c1-20(18,19)5-4-12-11(17)14-7-8-2-3-9(10(15)16)13-6-8/h2-3,6H,4-5,7H2,1H3,(H,15,16)(H2,12,14,17). The molecule has 110 valence electrons. The lowest BCUT2D eigenvalue weighted by molar-refractivity contribution is 0.0690. The number of sulfone groups is 1. The zero-order chi connectivity index (χ0) is 15.2. The van der Waals surface area contributed by atoms with Gasteiger partial charge in [-0.25, -0.2) is 23.0 Å². The van der Waals surface area contributed by atoms with Gasteiger partial charge < -0.3 is 15.7 Å². The van der Waals surface area contributed by atoms with Crippen LogP contribution in [0, 0.1) is 0 Å². The van der Waals surface area contributed by atoms with E-state index in [9.17, 15) is 18.0 Å². The van der Waals surface area contributed by atoms with E-state index in [4.69, 9.17) is 5.11 Å². The number of nitrogens with zero attached hydrogens (tertiary/aromatic N) is 1. The van der Waals surface area contributed by atoms with Crippen LogP contribution in [0.25, 0.3) is 0 Å². The Balaban J connectivity index is 2.35. The number of carbonyl (C=O) groups excluding carboxylic acids is 1. The average molecular weight is 301 g/mol. The van der Waals surface area contributed by atoms with Crippen molar-refractivity contribution in [3.8, 4) is 0 Å². The van der Waals surface area contributed by atoms with E-state index in [2.05, 4.69) is 15.6 Å². The second-order valence-corrected chi connectivity index (χ2v) is 6.36. The lowest BCUT2D eigenvalue weighted by Gasteiger charge is -2.07. The van der Waals surface area contributed by atoms with Crippen LogP contribution in [-0.4, -0.2) is 49.1 Å². The summed E-state index contributed by atoms with van der Waals surface area (Å²) >= 11 is 0. The predicted octanol–water partition coefficient (Wildman–Crippen LogP) is -0.376. The first-order chi connectivity index (χ1) is 9.28. The van der Waals surface area contributed by atoms with E-state index in [1.807, 2.05) is 0 Å². The summed E-state index contributed by atoms with van der Waals surface area (Å²) in [5, 5.41) is 13.6. The Morgan fingerprint density at radius 3 is 2.50 bits per heavy atom. The molecule has 0 atom stereocenters. The van der Waals surface area contributed by atoms with E-state index in [1.54, 1.807) is 0 Å². The van der Waals surface area contributed by atoms with Crippen molar-refractivity contribution < 1.29 is 23.1 Å². The first kappa shape index (κ1) is 15.9. The minimum Gasteiger partial charge on any atom is -0.477 e. The maximum absolute atomic E-state index is 11.3. The minimum absolute atomic E-state index is 0.0286. The number of carbonyl (C=O) groups is 2. The van der Waals surface area contributed by atoms with Crippen LogP contribution in [0.1, 0.15) is 16.1 Å². The predicted molar refractivity (Wildman–Crippen MR) is 71.1 cm³/mol. The molecule has 0 bridgehead atoms. The molecule has 0 spiro atoms. The van der Waals surface area contributed by atoms with E-state index < -0.39 is 21.8 Å². The van der Waals surface area contributed by atoms with Crippen molar-refractivity contribution in [2.45, 2.75) is 6.54 Å².